The van der Waals surface area contributed by atoms with Crippen LogP contribution in [0.3, 0.4) is 0 Å². The Morgan fingerprint density at radius 1 is 1.11 bits per heavy atom. The molecule has 142 valence electrons. The molecule has 0 atom stereocenters. The Kier molecular flexibility index (Phi) is 5.48. The van der Waals surface area contributed by atoms with Crippen LogP contribution in [0.2, 0.25) is 0 Å². The molecule has 9 heteroatoms. The summed E-state index contributed by atoms with van der Waals surface area (Å²) in [5, 5.41) is 18.5. The van der Waals surface area contributed by atoms with E-state index >= 15 is 0 Å². The third-order valence-electron chi connectivity index (χ3n) is 3.89. The normalized spacial score (nSPS) is 15.2. The SMILES string of the molecule is COc1ccccc1C=C1SC(=S)N(c2cc(C(=O)O)cc(C(=O)O)c2)C1=O. The highest BCUT2D eigenvalue weighted by Crippen LogP contribution is 2.37. The van der Waals surface area contributed by atoms with Crippen LogP contribution in [-0.4, -0.2) is 39.5 Å². The van der Waals surface area contributed by atoms with Gasteiger partial charge in [-0.1, -0.05) is 42.2 Å². The van der Waals surface area contributed by atoms with Crippen molar-refractivity contribution in [2.24, 2.45) is 0 Å². The highest BCUT2D eigenvalue weighted by molar-refractivity contribution is 8.27. The zero-order valence-corrected chi connectivity index (χ0v) is 16.0. The van der Waals surface area contributed by atoms with E-state index in [9.17, 15) is 24.6 Å². The molecular weight excluding hydrogens is 402 g/mol. The van der Waals surface area contributed by atoms with E-state index in [1.807, 2.05) is 0 Å². The van der Waals surface area contributed by atoms with E-state index in [1.165, 1.54) is 19.2 Å². The number of anilines is 1. The average molecular weight is 415 g/mol. The van der Waals surface area contributed by atoms with Gasteiger partial charge in [-0.15, -0.1) is 0 Å². The van der Waals surface area contributed by atoms with Crippen LogP contribution in [0.25, 0.3) is 6.08 Å². The van der Waals surface area contributed by atoms with Gasteiger partial charge in [-0.05, 0) is 30.3 Å². The van der Waals surface area contributed by atoms with Crippen molar-refractivity contribution < 1.29 is 29.3 Å². The zero-order valence-electron chi connectivity index (χ0n) is 14.4. The second-order valence-electron chi connectivity index (χ2n) is 5.64. The first-order chi connectivity index (χ1) is 13.3. The minimum atomic E-state index is -1.31. The quantitative estimate of drug-likeness (QED) is 0.565. The number of carbonyl (C=O) groups is 3. The average Bonchev–Trinajstić information content (AvgIpc) is 2.95. The van der Waals surface area contributed by atoms with Crippen LogP contribution in [0.4, 0.5) is 5.69 Å². The number of ether oxygens (including phenoxy) is 1. The molecule has 2 aromatic rings. The topological polar surface area (TPSA) is 104 Å². The Morgan fingerprint density at radius 2 is 1.71 bits per heavy atom. The number of thioether (sulfide) groups is 1. The number of benzene rings is 2. The maximum Gasteiger partial charge on any atom is 0.335 e. The van der Waals surface area contributed by atoms with E-state index in [1.54, 1.807) is 30.3 Å². The molecular formula is C19H13NO6S2. The van der Waals surface area contributed by atoms with Gasteiger partial charge in [-0.2, -0.15) is 0 Å². The smallest absolute Gasteiger partial charge is 0.335 e. The summed E-state index contributed by atoms with van der Waals surface area (Å²) in [7, 11) is 1.52. The molecule has 0 radical (unpaired) electrons. The van der Waals surface area contributed by atoms with Gasteiger partial charge in [0.25, 0.3) is 5.91 Å². The minimum Gasteiger partial charge on any atom is -0.496 e. The number of thiocarbonyl (C=S) groups is 1. The molecule has 0 aromatic heterocycles. The van der Waals surface area contributed by atoms with E-state index in [0.29, 0.717) is 16.2 Å². The van der Waals surface area contributed by atoms with Crippen LogP contribution >= 0.6 is 24.0 Å². The fourth-order valence-corrected chi connectivity index (χ4v) is 3.89. The standard InChI is InChI=1S/C19H13NO6S2/c1-26-14-5-3-2-4-10(14)9-15-16(21)20(19(27)28-15)13-7-11(17(22)23)6-12(8-13)18(24)25/h2-9H,1H3,(H,22,23)(H,24,25). The van der Waals surface area contributed by atoms with Gasteiger partial charge < -0.3 is 14.9 Å². The van der Waals surface area contributed by atoms with Crippen molar-refractivity contribution in [3.63, 3.8) is 0 Å². The lowest BCUT2D eigenvalue weighted by Crippen LogP contribution is -2.28. The number of hydrogen-bond acceptors (Lipinski definition) is 6. The summed E-state index contributed by atoms with van der Waals surface area (Å²) in [6.45, 7) is 0. The number of para-hydroxylation sites is 1. The summed E-state index contributed by atoms with van der Waals surface area (Å²) in [4.78, 5) is 37.0. The van der Waals surface area contributed by atoms with E-state index in [0.717, 1.165) is 22.7 Å². The fraction of sp³-hybridized carbons (Fsp3) is 0.0526. The van der Waals surface area contributed by atoms with Crippen molar-refractivity contribution in [1.82, 2.24) is 0 Å². The molecule has 1 amide bonds. The van der Waals surface area contributed by atoms with E-state index in [4.69, 9.17) is 17.0 Å². The zero-order chi connectivity index (χ0) is 20.4. The molecule has 1 saturated heterocycles. The number of rotatable bonds is 5. The van der Waals surface area contributed by atoms with Crippen molar-refractivity contribution >= 4 is 57.9 Å². The molecule has 0 bridgehead atoms. The lowest BCUT2D eigenvalue weighted by Gasteiger charge is -2.16. The minimum absolute atomic E-state index is 0.0863. The van der Waals surface area contributed by atoms with Crippen molar-refractivity contribution in [2.75, 3.05) is 12.0 Å². The third kappa shape index (κ3) is 3.75. The number of hydrogen-bond donors (Lipinski definition) is 2. The van der Waals surface area contributed by atoms with E-state index < -0.39 is 17.8 Å². The fourth-order valence-electron chi connectivity index (χ4n) is 2.60. The second kappa shape index (κ2) is 7.83. The number of carboxylic acid groups (broad SMARTS) is 2. The molecule has 7 nitrogen and oxygen atoms in total. The molecule has 1 aliphatic heterocycles. The molecule has 3 rings (SSSR count). The summed E-state index contributed by atoms with van der Waals surface area (Å²) in [5.74, 6) is -2.51. The molecule has 0 saturated carbocycles. The summed E-state index contributed by atoms with van der Waals surface area (Å²) < 4.78 is 5.44. The summed E-state index contributed by atoms with van der Waals surface area (Å²) in [6.07, 6.45) is 1.62. The molecule has 1 heterocycles. The van der Waals surface area contributed by atoms with Crippen molar-refractivity contribution in [2.45, 2.75) is 0 Å². The lowest BCUT2D eigenvalue weighted by molar-refractivity contribution is -0.113. The monoisotopic (exact) mass is 415 g/mol. The van der Waals surface area contributed by atoms with Gasteiger partial charge in [0.05, 0.1) is 28.8 Å². The van der Waals surface area contributed by atoms with E-state index in [-0.39, 0.29) is 21.1 Å². The Labute approximate surface area is 169 Å². The molecule has 0 spiro atoms. The first-order valence-corrected chi connectivity index (χ1v) is 9.07. The predicted molar refractivity (Wildman–Crippen MR) is 109 cm³/mol. The van der Waals surface area contributed by atoms with Gasteiger partial charge >= 0.3 is 11.9 Å². The third-order valence-corrected chi connectivity index (χ3v) is 5.19. The van der Waals surface area contributed by atoms with Gasteiger partial charge in [0, 0.05) is 5.56 Å². The van der Waals surface area contributed by atoms with Crippen LogP contribution in [0.1, 0.15) is 26.3 Å². The number of aromatic carboxylic acids is 2. The van der Waals surface area contributed by atoms with Crippen molar-refractivity contribution in [3.8, 4) is 5.75 Å². The number of nitrogens with zero attached hydrogens (tertiary/aromatic N) is 1. The van der Waals surface area contributed by atoms with Crippen LogP contribution in [0.5, 0.6) is 5.75 Å². The maximum absolute atomic E-state index is 12.9. The molecule has 1 aliphatic rings. The molecule has 0 unspecified atom stereocenters. The van der Waals surface area contributed by atoms with Crippen molar-refractivity contribution in [1.29, 1.82) is 0 Å². The molecule has 1 fully saturated rings. The largest absolute Gasteiger partial charge is 0.496 e. The summed E-state index contributed by atoms with van der Waals surface area (Å²) in [5.41, 5.74) is 0.259. The summed E-state index contributed by atoms with van der Waals surface area (Å²) in [6, 6.07) is 10.6. The Morgan fingerprint density at radius 3 is 2.29 bits per heavy atom. The first kappa shape index (κ1) is 19.6. The molecule has 0 aliphatic carbocycles. The maximum atomic E-state index is 12.9. The van der Waals surface area contributed by atoms with Gasteiger partial charge in [0.15, 0.2) is 4.32 Å². The van der Waals surface area contributed by atoms with E-state index in [2.05, 4.69) is 0 Å². The lowest BCUT2D eigenvalue weighted by atomic mass is 10.1. The highest BCUT2D eigenvalue weighted by Gasteiger charge is 2.34. The number of amides is 1. The van der Waals surface area contributed by atoms with Crippen LogP contribution in [0.15, 0.2) is 47.4 Å². The predicted octanol–water partition coefficient (Wildman–Crippen LogP) is 3.50. The van der Waals surface area contributed by atoms with Gasteiger partial charge in [-0.3, -0.25) is 9.69 Å². The molecule has 2 N–H and O–H groups in total. The van der Waals surface area contributed by atoms with Crippen LogP contribution in [0, 0.1) is 0 Å². The Bertz CT molecular complexity index is 1010. The number of methoxy groups -OCH3 is 1. The van der Waals surface area contributed by atoms with Crippen LogP contribution in [-0.2, 0) is 4.79 Å². The first-order valence-electron chi connectivity index (χ1n) is 7.84. The molecule has 28 heavy (non-hydrogen) atoms. The van der Waals surface area contributed by atoms with Gasteiger partial charge in [0.1, 0.15) is 5.75 Å². The van der Waals surface area contributed by atoms with Gasteiger partial charge in [-0.25, -0.2) is 9.59 Å². The Hall–Kier alpha value is -3.17. The number of carboxylic acids is 2. The summed E-state index contributed by atoms with van der Waals surface area (Å²) >= 11 is 6.31. The van der Waals surface area contributed by atoms with Crippen LogP contribution < -0.4 is 9.64 Å². The second-order valence-corrected chi connectivity index (χ2v) is 7.31. The Balaban J connectivity index is 2.04. The van der Waals surface area contributed by atoms with Crippen molar-refractivity contribution in [3.05, 3.63) is 64.1 Å². The molecule has 2 aromatic carbocycles. The van der Waals surface area contributed by atoms with Gasteiger partial charge in [0.2, 0.25) is 0 Å². The highest BCUT2D eigenvalue weighted by atomic mass is 32.2. The number of carbonyl (C=O) groups excluding carboxylic acids is 1.